The van der Waals surface area contributed by atoms with Gasteiger partial charge in [-0.15, -0.1) is 0 Å². The molecule has 0 amide bonds. The Morgan fingerprint density at radius 2 is 0.944 bits per heavy atom. The van der Waals surface area contributed by atoms with E-state index in [2.05, 4.69) is 195 Å². The van der Waals surface area contributed by atoms with Crippen molar-refractivity contribution in [3.8, 4) is 22.5 Å². The molecule has 0 unspecified atom stereocenters. The lowest BCUT2D eigenvalue weighted by Crippen LogP contribution is -2.33. The van der Waals surface area contributed by atoms with Gasteiger partial charge in [0.1, 0.15) is 0 Å². The molecule has 10 aromatic rings. The maximum atomic E-state index is 2.56. The molecule has 2 aromatic heterocycles. The van der Waals surface area contributed by atoms with Crippen LogP contribution in [0.25, 0.3) is 87.7 Å². The Labute approximate surface area is 315 Å². The van der Waals surface area contributed by atoms with Crippen LogP contribution >= 0.6 is 0 Å². The van der Waals surface area contributed by atoms with Crippen LogP contribution in [0, 0.1) is 0 Å². The van der Waals surface area contributed by atoms with Crippen LogP contribution in [0.4, 0.5) is 0 Å². The van der Waals surface area contributed by atoms with Gasteiger partial charge in [0.25, 0.3) is 0 Å². The summed E-state index contributed by atoms with van der Waals surface area (Å²) in [5, 5.41) is 10.3. The molecule has 0 aliphatic heterocycles. The molecule has 0 radical (unpaired) electrons. The number of hydrogen-bond acceptors (Lipinski definition) is 0. The molecule has 2 heteroatoms. The van der Waals surface area contributed by atoms with E-state index in [-0.39, 0.29) is 10.8 Å². The molecule has 0 atom stereocenters. The first-order valence-corrected chi connectivity index (χ1v) is 19.4. The van der Waals surface area contributed by atoms with Gasteiger partial charge >= 0.3 is 0 Å². The van der Waals surface area contributed by atoms with Crippen LogP contribution in [0.5, 0.6) is 0 Å². The highest BCUT2D eigenvalue weighted by Gasteiger charge is 2.38. The molecule has 2 nitrogen and oxygen atoms in total. The molecule has 260 valence electrons. The minimum Gasteiger partial charge on any atom is -0.309 e. The zero-order chi connectivity index (χ0) is 36.3. The molecule has 2 heterocycles. The molecule has 11 rings (SSSR count). The van der Waals surface area contributed by atoms with Crippen molar-refractivity contribution in [3.05, 3.63) is 169 Å². The molecule has 0 saturated heterocycles. The Bertz CT molecular complexity index is 3150. The molecule has 1 aliphatic rings. The first kappa shape index (κ1) is 31.4. The van der Waals surface area contributed by atoms with Crippen molar-refractivity contribution in [2.75, 3.05) is 0 Å². The maximum absolute atomic E-state index is 2.56. The van der Waals surface area contributed by atoms with Crippen molar-refractivity contribution < 1.29 is 0 Å². The van der Waals surface area contributed by atoms with Gasteiger partial charge in [0.15, 0.2) is 0 Å². The van der Waals surface area contributed by atoms with E-state index in [1.807, 2.05) is 0 Å². The number of benzene rings is 8. The second-order valence-electron chi connectivity index (χ2n) is 16.8. The van der Waals surface area contributed by atoms with Crippen molar-refractivity contribution in [1.29, 1.82) is 0 Å². The van der Waals surface area contributed by atoms with Crippen molar-refractivity contribution in [2.24, 2.45) is 0 Å². The fraction of sp³-hybridized carbons (Fsp3) is 0.154. The average Bonchev–Trinajstić information content (AvgIpc) is 3.70. The van der Waals surface area contributed by atoms with Crippen LogP contribution in [-0.4, -0.2) is 9.13 Å². The van der Waals surface area contributed by atoms with E-state index in [9.17, 15) is 0 Å². The van der Waals surface area contributed by atoms with E-state index in [1.54, 1.807) is 0 Å². The van der Waals surface area contributed by atoms with Gasteiger partial charge in [0, 0.05) is 32.9 Å². The third kappa shape index (κ3) is 4.46. The molecule has 0 spiro atoms. The summed E-state index contributed by atoms with van der Waals surface area (Å²) in [7, 11) is 0. The Morgan fingerprint density at radius 1 is 0.389 bits per heavy atom. The van der Waals surface area contributed by atoms with Gasteiger partial charge in [-0.1, -0.05) is 131 Å². The van der Waals surface area contributed by atoms with Crippen molar-refractivity contribution in [3.63, 3.8) is 0 Å². The Morgan fingerprint density at radius 3 is 1.74 bits per heavy atom. The average molecular weight is 695 g/mol. The predicted molar refractivity (Wildman–Crippen MR) is 231 cm³/mol. The van der Waals surface area contributed by atoms with E-state index in [0.717, 1.165) is 0 Å². The normalized spacial score (nSPS) is 15.2. The molecule has 1 aliphatic carbocycles. The van der Waals surface area contributed by atoms with Crippen LogP contribution in [0.2, 0.25) is 0 Å². The zero-order valence-electron chi connectivity index (χ0n) is 31.3. The van der Waals surface area contributed by atoms with Gasteiger partial charge in [0.05, 0.1) is 22.1 Å². The number of para-hydroxylation sites is 1. The van der Waals surface area contributed by atoms with Crippen molar-refractivity contribution >= 4 is 65.2 Å². The first-order valence-electron chi connectivity index (χ1n) is 19.4. The second kappa shape index (κ2) is 11.2. The third-order valence-corrected chi connectivity index (χ3v) is 12.7. The molecule has 0 saturated carbocycles. The number of fused-ring (bicyclic) bond motifs is 10. The lowest BCUT2D eigenvalue weighted by atomic mass is 9.63. The summed E-state index contributed by atoms with van der Waals surface area (Å²) in [6.07, 6.45) is 2.38. The largest absolute Gasteiger partial charge is 0.309 e. The summed E-state index contributed by atoms with van der Waals surface area (Å²) in [5.74, 6) is 0. The SMILES string of the molecule is CC1(C)CCC(C)(C)c2cc3c(cc21)c1cc2c(cc1n3-c1ccccc1)c1c3ccccc3ccc1n2-c1cccc(-c2cccc3ccccc23)c1. The van der Waals surface area contributed by atoms with Gasteiger partial charge in [0.2, 0.25) is 0 Å². The molecule has 0 N–H and O–H groups in total. The van der Waals surface area contributed by atoms with Gasteiger partial charge < -0.3 is 9.13 Å². The molecular weight excluding hydrogens is 653 g/mol. The monoisotopic (exact) mass is 694 g/mol. The first-order chi connectivity index (χ1) is 26.3. The van der Waals surface area contributed by atoms with Crippen LogP contribution in [0.3, 0.4) is 0 Å². The van der Waals surface area contributed by atoms with Crippen LogP contribution in [0.15, 0.2) is 158 Å². The third-order valence-electron chi connectivity index (χ3n) is 12.7. The van der Waals surface area contributed by atoms with Crippen molar-refractivity contribution in [2.45, 2.75) is 51.4 Å². The lowest BCUT2D eigenvalue weighted by molar-refractivity contribution is 0.332. The fourth-order valence-electron chi connectivity index (χ4n) is 9.78. The molecule has 0 bridgehead atoms. The Kier molecular flexibility index (Phi) is 6.51. The van der Waals surface area contributed by atoms with E-state index in [0.29, 0.717) is 0 Å². The summed E-state index contributed by atoms with van der Waals surface area (Å²) in [6, 6.07) is 59.0. The Hall–Kier alpha value is -6.12. The highest BCUT2D eigenvalue weighted by atomic mass is 15.0. The fourth-order valence-corrected chi connectivity index (χ4v) is 9.78. The number of hydrogen-bond donors (Lipinski definition) is 0. The standard InChI is InChI=1S/C52H42N2/c1-51(2)26-27-52(3,4)45-32-49-41(29-44(45)51)42-30-48-43(31-47(42)53(49)36-18-6-5-7-19-36)50-40-22-11-9-15-34(40)24-25-46(50)54(48)37-20-12-17-35(28-37)39-23-13-16-33-14-8-10-21-38(33)39/h5-25,28-32H,26-27H2,1-4H3. The van der Waals surface area contributed by atoms with Crippen LogP contribution in [-0.2, 0) is 10.8 Å². The Balaban J connectivity index is 1.29. The zero-order valence-corrected chi connectivity index (χ0v) is 31.3. The minimum atomic E-state index is 0.111. The molecule has 54 heavy (non-hydrogen) atoms. The van der Waals surface area contributed by atoms with E-state index in [4.69, 9.17) is 0 Å². The highest BCUT2D eigenvalue weighted by molar-refractivity contribution is 6.25. The molecule has 8 aromatic carbocycles. The summed E-state index contributed by atoms with van der Waals surface area (Å²) in [4.78, 5) is 0. The highest BCUT2D eigenvalue weighted by Crippen LogP contribution is 2.49. The number of rotatable bonds is 3. The topological polar surface area (TPSA) is 9.86 Å². The maximum Gasteiger partial charge on any atom is 0.0549 e. The van der Waals surface area contributed by atoms with Gasteiger partial charge in [-0.2, -0.15) is 0 Å². The lowest BCUT2D eigenvalue weighted by Gasteiger charge is -2.42. The van der Waals surface area contributed by atoms with Gasteiger partial charge in [-0.25, -0.2) is 0 Å². The minimum absolute atomic E-state index is 0.111. The van der Waals surface area contributed by atoms with Gasteiger partial charge in [-0.3, -0.25) is 0 Å². The van der Waals surface area contributed by atoms with Crippen molar-refractivity contribution in [1.82, 2.24) is 9.13 Å². The second-order valence-corrected chi connectivity index (χ2v) is 16.8. The van der Waals surface area contributed by atoms with E-state index >= 15 is 0 Å². The summed E-state index contributed by atoms with van der Waals surface area (Å²) >= 11 is 0. The summed E-state index contributed by atoms with van der Waals surface area (Å²) in [5.41, 5.74) is 13.0. The van der Waals surface area contributed by atoms with Gasteiger partial charge in [-0.05, 0) is 122 Å². The smallest absolute Gasteiger partial charge is 0.0549 e. The quantitative estimate of drug-likeness (QED) is 0.174. The van der Waals surface area contributed by atoms with E-state index < -0.39 is 0 Å². The molecule has 0 fully saturated rings. The summed E-state index contributed by atoms with van der Waals surface area (Å²) in [6.45, 7) is 9.74. The van der Waals surface area contributed by atoms with Crippen LogP contribution < -0.4 is 0 Å². The van der Waals surface area contributed by atoms with Crippen LogP contribution in [0.1, 0.15) is 51.7 Å². The number of aromatic nitrogens is 2. The number of nitrogens with zero attached hydrogens (tertiary/aromatic N) is 2. The molecular formula is C52H42N2. The summed E-state index contributed by atoms with van der Waals surface area (Å²) < 4.78 is 5.04. The predicted octanol–water partition coefficient (Wildman–Crippen LogP) is 14.2. The van der Waals surface area contributed by atoms with E-state index in [1.165, 1.54) is 112 Å².